The number of aliphatic hydroxyl groups is 1. The normalized spacial score (nSPS) is 21.7. The lowest BCUT2D eigenvalue weighted by atomic mass is 9.72. The van der Waals surface area contributed by atoms with E-state index >= 15 is 0 Å². The van der Waals surface area contributed by atoms with Crippen molar-refractivity contribution in [3.8, 4) is 0 Å². The molecule has 0 saturated heterocycles. The molecule has 0 heterocycles. The Labute approximate surface area is 191 Å². The highest BCUT2D eigenvalue weighted by atomic mass is 79.9. The molecule has 0 spiro atoms. The first kappa shape index (κ1) is 20.8. The van der Waals surface area contributed by atoms with Gasteiger partial charge in [-0.1, -0.05) is 79.9 Å². The Bertz CT molecular complexity index is 1100. The first-order valence-electron chi connectivity index (χ1n) is 9.26. The predicted molar refractivity (Wildman–Crippen MR) is 124 cm³/mol. The van der Waals surface area contributed by atoms with Crippen molar-refractivity contribution >= 4 is 49.0 Å². The third-order valence-corrected chi connectivity index (χ3v) is 7.14. The van der Waals surface area contributed by atoms with Gasteiger partial charge in [-0.05, 0) is 71.9 Å². The molecule has 3 aromatic rings. The molecule has 2 atom stereocenters. The summed E-state index contributed by atoms with van der Waals surface area (Å²) < 4.78 is 15.8. The van der Waals surface area contributed by atoms with Crippen molar-refractivity contribution < 1.29 is 9.50 Å². The van der Waals surface area contributed by atoms with Gasteiger partial charge in [0, 0.05) is 19.5 Å². The number of benzene rings is 3. The molecule has 0 bridgehead atoms. The van der Waals surface area contributed by atoms with Gasteiger partial charge in [0.2, 0.25) is 0 Å². The van der Waals surface area contributed by atoms with E-state index in [1.807, 2.05) is 48.5 Å². The highest BCUT2D eigenvalue weighted by Crippen LogP contribution is 2.49. The summed E-state index contributed by atoms with van der Waals surface area (Å²) in [6.07, 6.45) is 2.99. The van der Waals surface area contributed by atoms with E-state index in [9.17, 15) is 9.50 Å². The van der Waals surface area contributed by atoms with Crippen LogP contribution in [0, 0.1) is 5.82 Å². The second-order valence-corrected chi connectivity index (χ2v) is 9.44. The van der Waals surface area contributed by atoms with Crippen LogP contribution in [0.5, 0.6) is 0 Å². The van der Waals surface area contributed by atoms with E-state index in [1.54, 1.807) is 18.2 Å². The summed E-state index contributed by atoms with van der Waals surface area (Å²) in [6.45, 7) is 0. The summed E-state index contributed by atoms with van der Waals surface area (Å²) in [5, 5.41) is 12.3. The molecule has 4 rings (SSSR count). The van der Waals surface area contributed by atoms with Gasteiger partial charge in [-0.15, -0.1) is 0 Å². The topological polar surface area (TPSA) is 20.2 Å². The Morgan fingerprint density at radius 1 is 0.966 bits per heavy atom. The fraction of sp³-hybridized carbons (Fsp3) is 0.167. The molecule has 0 saturated carbocycles. The monoisotopic (exact) mass is 534 g/mol. The maximum Gasteiger partial charge on any atom is 0.123 e. The molecule has 0 aromatic heterocycles. The van der Waals surface area contributed by atoms with E-state index in [2.05, 4.69) is 31.9 Å². The van der Waals surface area contributed by atoms with Gasteiger partial charge in [-0.3, -0.25) is 0 Å². The molecule has 1 aliphatic carbocycles. The molecule has 0 radical (unpaired) electrons. The minimum Gasteiger partial charge on any atom is -0.381 e. The van der Waals surface area contributed by atoms with Crippen molar-refractivity contribution in [2.45, 2.75) is 24.4 Å². The van der Waals surface area contributed by atoms with E-state index in [0.29, 0.717) is 23.4 Å². The smallest absolute Gasteiger partial charge is 0.123 e. The average Bonchev–Trinajstić information content (AvgIpc) is 2.70. The molecule has 3 aromatic carbocycles. The lowest BCUT2D eigenvalue weighted by Crippen LogP contribution is -2.30. The van der Waals surface area contributed by atoms with Gasteiger partial charge in [0.15, 0.2) is 0 Å². The molecule has 1 nitrogen and oxygen atoms in total. The van der Waals surface area contributed by atoms with Crippen LogP contribution in [0.15, 0.2) is 81.8 Å². The van der Waals surface area contributed by atoms with E-state index in [0.717, 1.165) is 25.6 Å². The van der Waals surface area contributed by atoms with Crippen molar-refractivity contribution in [3.63, 3.8) is 0 Å². The fourth-order valence-corrected chi connectivity index (χ4v) is 5.49. The zero-order valence-corrected chi connectivity index (χ0v) is 19.3. The second kappa shape index (κ2) is 8.35. The van der Waals surface area contributed by atoms with Crippen LogP contribution in [-0.2, 0) is 5.60 Å². The van der Waals surface area contributed by atoms with Crippen LogP contribution in [0.3, 0.4) is 0 Å². The molecule has 2 unspecified atom stereocenters. The van der Waals surface area contributed by atoms with Crippen molar-refractivity contribution in [1.82, 2.24) is 0 Å². The van der Waals surface area contributed by atoms with Crippen molar-refractivity contribution in [2.24, 2.45) is 0 Å². The Hall–Kier alpha value is -1.46. The molecule has 148 valence electrons. The van der Waals surface area contributed by atoms with Gasteiger partial charge in [0.1, 0.15) is 11.4 Å². The van der Waals surface area contributed by atoms with Gasteiger partial charge >= 0.3 is 0 Å². The number of allylic oxidation sites excluding steroid dienone is 1. The lowest BCUT2D eigenvalue weighted by molar-refractivity contribution is 0.0672. The fourth-order valence-electron chi connectivity index (χ4n) is 4.08. The molecule has 0 aliphatic heterocycles. The van der Waals surface area contributed by atoms with Gasteiger partial charge in [0.05, 0.1) is 0 Å². The lowest BCUT2D eigenvalue weighted by Gasteiger charge is -2.37. The van der Waals surface area contributed by atoms with E-state index < -0.39 is 5.60 Å². The summed E-state index contributed by atoms with van der Waals surface area (Å²) in [5.74, 6) is -0.380. The van der Waals surface area contributed by atoms with Crippen LogP contribution in [0.1, 0.15) is 35.4 Å². The number of halogens is 4. The molecule has 1 N–H and O–H groups in total. The quantitative estimate of drug-likeness (QED) is 0.361. The molecule has 1 aliphatic rings. The summed E-state index contributed by atoms with van der Waals surface area (Å²) in [6, 6.07) is 20.0. The molecule has 0 amide bonds. The third-order valence-electron chi connectivity index (χ3n) is 5.39. The Balaban J connectivity index is 1.88. The van der Waals surface area contributed by atoms with Crippen LogP contribution in [-0.4, -0.2) is 5.11 Å². The Morgan fingerprint density at radius 3 is 2.45 bits per heavy atom. The predicted octanol–water partition coefficient (Wildman–Crippen LogP) is 7.85. The summed E-state index contributed by atoms with van der Waals surface area (Å²) in [7, 11) is 0. The van der Waals surface area contributed by atoms with Gasteiger partial charge in [0.25, 0.3) is 0 Å². The molecular formula is C24H18Br2ClFO. The summed E-state index contributed by atoms with van der Waals surface area (Å²) in [5.41, 5.74) is 2.23. The van der Waals surface area contributed by atoms with Crippen molar-refractivity contribution in [1.29, 1.82) is 0 Å². The first-order chi connectivity index (χ1) is 13.9. The van der Waals surface area contributed by atoms with E-state index in [-0.39, 0.29) is 11.7 Å². The van der Waals surface area contributed by atoms with Crippen LogP contribution < -0.4 is 0 Å². The highest BCUT2D eigenvalue weighted by molar-refractivity contribution is 9.10. The van der Waals surface area contributed by atoms with Crippen molar-refractivity contribution in [2.75, 3.05) is 0 Å². The number of hydrogen-bond acceptors (Lipinski definition) is 1. The number of hydrogen-bond donors (Lipinski definition) is 1. The van der Waals surface area contributed by atoms with Crippen LogP contribution >= 0.6 is 43.5 Å². The average molecular weight is 537 g/mol. The number of rotatable bonds is 3. The third kappa shape index (κ3) is 4.22. The zero-order valence-electron chi connectivity index (χ0n) is 15.4. The molecule has 5 heteroatoms. The van der Waals surface area contributed by atoms with Gasteiger partial charge in [-0.2, -0.15) is 0 Å². The highest BCUT2D eigenvalue weighted by Gasteiger charge is 2.38. The standard InChI is InChI=1S/C24H18Br2ClFO/c25-21-7-3-1-5-18(21)15-11-16(19-12-17(28)9-10-22(19)26)14-24(29,13-15)20-6-2-4-8-23(20)27/h1-10,12-13,16,29H,11,14H2. The maximum absolute atomic E-state index is 14.0. The van der Waals surface area contributed by atoms with Gasteiger partial charge < -0.3 is 5.11 Å². The largest absolute Gasteiger partial charge is 0.381 e. The Morgan fingerprint density at radius 2 is 1.69 bits per heavy atom. The molecule has 29 heavy (non-hydrogen) atoms. The summed E-state index contributed by atoms with van der Waals surface area (Å²) in [4.78, 5) is 0. The van der Waals surface area contributed by atoms with Crippen LogP contribution in [0.2, 0.25) is 5.02 Å². The molecular weight excluding hydrogens is 519 g/mol. The zero-order chi connectivity index (χ0) is 20.6. The first-order valence-corrected chi connectivity index (χ1v) is 11.2. The Kier molecular flexibility index (Phi) is 5.99. The van der Waals surface area contributed by atoms with Crippen LogP contribution in [0.25, 0.3) is 5.57 Å². The van der Waals surface area contributed by atoms with E-state index in [1.165, 1.54) is 6.07 Å². The minimum absolute atomic E-state index is 0.0894. The van der Waals surface area contributed by atoms with Gasteiger partial charge in [-0.25, -0.2) is 4.39 Å². The second-order valence-electron chi connectivity index (χ2n) is 7.32. The minimum atomic E-state index is -1.27. The maximum atomic E-state index is 14.0. The van der Waals surface area contributed by atoms with E-state index in [4.69, 9.17) is 11.6 Å². The van der Waals surface area contributed by atoms with Crippen molar-refractivity contribution in [3.05, 3.63) is 109 Å². The van der Waals surface area contributed by atoms with Crippen LogP contribution in [0.4, 0.5) is 4.39 Å². The summed E-state index contributed by atoms with van der Waals surface area (Å²) >= 11 is 13.6. The molecule has 0 fully saturated rings. The SMILES string of the molecule is OC1(c2ccccc2Cl)C=C(c2ccccc2Br)CC(c2cc(F)ccc2Br)C1.